The Kier molecular flexibility index (Phi) is 2.51. The maximum atomic E-state index is 8.74. The molecule has 0 fully saturated rings. The summed E-state index contributed by atoms with van der Waals surface area (Å²) in [6.45, 7) is 0.405. The molecule has 0 atom stereocenters. The number of aliphatic hydroxyl groups excluding tert-OH is 1. The summed E-state index contributed by atoms with van der Waals surface area (Å²) in [5.41, 5.74) is 1.11. The summed E-state index contributed by atoms with van der Waals surface area (Å²) >= 11 is 0. The molecule has 0 amide bonds. The van der Waals surface area contributed by atoms with Gasteiger partial charge in [-0.3, -0.25) is 0 Å². The van der Waals surface area contributed by atoms with Crippen LogP contribution in [0.25, 0.3) is 0 Å². The lowest BCUT2D eigenvalue weighted by Crippen LogP contribution is -2.04. The average Bonchev–Trinajstić information content (AvgIpc) is 2.67. The Balaban J connectivity index is 2.11. The van der Waals surface area contributed by atoms with E-state index in [0.29, 0.717) is 12.4 Å². The molecule has 0 aliphatic carbocycles. The Morgan fingerprint density at radius 3 is 2.64 bits per heavy atom. The van der Waals surface area contributed by atoms with Crippen LogP contribution in [-0.4, -0.2) is 25.3 Å². The minimum atomic E-state index is -0.172. The number of aromatic nitrogens is 4. The predicted octanol–water partition coefficient (Wildman–Crippen LogP) is 0.214. The van der Waals surface area contributed by atoms with Crippen molar-refractivity contribution in [3.05, 3.63) is 41.7 Å². The molecule has 1 heterocycles. The summed E-state index contributed by atoms with van der Waals surface area (Å²) in [5, 5.41) is 20.2. The molecule has 0 bridgehead atoms. The first kappa shape index (κ1) is 8.83. The van der Waals surface area contributed by atoms with Crippen molar-refractivity contribution in [2.75, 3.05) is 0 Å². The van der Waals surface area contributed by atoms with Crippen LogP contribution in [-0.2, 0) is 13.2 Å². The van der Waals surface area contributed by atoms with Crippen LogP contribution in [0.3, 0.4) is 0 Å². The minimum Gasteiger partial charge on any atom is -0.388 e. The molecule has 0 aliphatic rings. The van der Waals surface area contributed by atoms with Crippen LogP contribution in [0.2, 0.25) is 0 Å². The summed E-state index contributed by atoms with van der Waals surface area (Å²) in [4.78, 5) is 1.46. The summed E-state index contributed by atoms with van der Waals surface area (Å²) in [5.74, 6) is 0.348. The van der Waals surface area contributed by atoms with Gasteiger partial charge in [-0.05, 0) is 10.8 Å². The molecule has 0 aliphatic heterocycles. The second-order valence-electron chi connectivity index (χ2n) is 2.88. The number of hydrogen-bond acceptors (Lipinski definition) is 4. The van der Waals surface area contributed by atoms with E-state index in [-0.39, 0.29) is 6.61 Å². The maximum absolute atomic E-state index is 8.74. The topological polar surface area (TPSA) is 63.8 Å². The van der Waals surface area contributed by atoms with Crippen molar-refractivity contribution < 1.29 is 5.11 Å². The number of nitrogens with zero attached hydrogens (tertiary/aromatic N) is 4. The molecule has 0 saturated carbocycles. The molecular formula is C9H10N4O. The molecule has 0 unspecified atom stereocenters. The average molecular weight is 190 g/mol. The standard InChI is InChI=1S/C9H10N4O/c14-7-9-10-12-13(11-9)6-8-4-2-1-3-5-8/h1-5,14H,6-7H2. The molecule has 14 heavy (non-hydrogen) atoms. The Morgan fingerprint density at radius 1 is 1.21 bits per heavy atom. The lowest BCUT2D eigenvalue weighted by atomic mass is 10.2. The summed E-state index contributed by atoms with van der Waals surface area (Å²) in [6, 6.07) is 9.85. The van der Waals surface area contributed by atoms with Crippen molar-refractivity contribution in [2.45, 2.75) is 13.2 Å². The van der Waals surface area contributed by atoms with Gasteiger partial charge in [-0.1, -0.05) is 30.3 Å². The zero-order chi connectivity index (χ0) is 9.80. The van der Waals surface area contributed by atoms with E-state index in [1.54, 1.807) is 0 Å². The lowest BCUT2D eigenvalue weighted by molar-refractivity contribution is 0.270. The zero-order valence-electron chi connectivity index (χ0n) is 7.54. The van der Waals surface area contributed by atoms with Gasteiger partial charge in [0.25, 0.3) is 0 Å². The van der Waals surface area contributed by atoms with E-state index in [1.165, 1.54) is 4.80 Å². The number of tetrazole rings is 1. The van der Waals surface area contributed by atoms with Crippen LogP contribution in [0, 0.1) is 0 Å². The third-order valence-corrected chi connectivity index (χ3v) is 1.80. The first-order chi connectivity index (χ1) is 6.88. The molecule has 5 nitrogen and oxygen atoms in total. The second kappa shape index (κ2) is 3.97. The van der Waals surface area contributed by atoms with Gasteiger partial charge >= 0.3 is 0 Å². The van der Waals surface area contributed by atoms with Gasteiger partial charge in [0, 0.05) is 0 Å². The van der Waals surface area contributed by atoms with Gasteiger partial charge in [-0.25, -0.2) is 0 Å². The number of hydrogen-bond donors (Lipinski definition) is 1. The Labute approximate surface area is 81.0 Å². The number of aliphatic hydroxyl groups is 1. The fourth-order valence-corrected chi connectivity index (χ4v) is 1.15. The molecular weight excluding hydrogens is 180 g/mol. The highest BCUT2D eigenvalue weighted by atomic mass is 16.3. The van der Waals surface area contributed by atoms with Crippen molar-refractivity contribution in [3.63, 3.8) is 0 Å². The third kappa shape index (κ3) is 1.94. The van der Waals surface area contributed by atoms with E-state index >= 15 is 0 Å². The Morgan fingerprint density at radius 2 is 2.00 bits per heavy atom. The van der Waals surface area contributed by atoms with Gasteiger partial charge in [0.2, 0.25) is 0 Å². The lowest BCUT2D eigenvalue weighted by Gasteiger charge is -1.97. The quantitative estimate of drug-likeness (QED) is 0.751. The largest absolute Gasteiger partial charge is 0.388 e. The van der Waals surface area contributed by atoms with Gasteiger partial charge in [-0.2, -0.15) is 4.80 Å². The summed E-state index contributed by atoms with van der Waals surface area (Å²) in [6.07, 6.45) is 0. The Bertz CT molecular complexity index is 398. The second-order valence-corrected chi connectivity index (χ2v) is 2.88. The van der Waals surface area contributed by atoms with Crippen molar-refractivity contribution in [2.24, 2.45) is 0 Å². The molecule has 1 aromatic carbocycles. The zero-order valence-corrected chi connectivity index (χ0v) is 7.54. The molecule has 5 heteroatoms. The van der Waals surface area contributed by atoms with E-state index < -0.39 is 0 Å². The van der Waals surface area contributed by atoms with Crippen molar-refractivity contribution in [3.8, 4) is 0 Å². The normalized spacial score (nSPS) is 10.4. The molecule has 0 saturated heterocycles. The third-order valence-electron chi connectivity index (χ3n) is 1.80. The van der Waals surface area contributed by atoms with Crippen molar-refractivity contribution in [1.29, 1.82) is 0 Å². The first-order valence-corrected chi connectivity index (χ1v) is 4.30. The molecule has 1 N–H and O–H groups in total. The summed E-state index contributed by atoms with van der Waals surface area (Å²) in [7, 11) is 0. The van der Waals surface area contributed by atoms with Gasteiger partial charge in [0.15, 0.2) is 5.82 Å². The summed E-state index contributed by atoms with van der Waals surface area (Å²) < 4.78 is 0. The van der Waals surface area contributed by atoms with Crippen LogP contribution in [0.1, 0.15) is 11.4 Å². The van der Waals surface area contributed by atoms with Crippen LogP contribution in [0.15, 0.2) is 30.3 Å². The highest BCUT2D eigenvalue weighted by Crippen LogP contribution is 1.99. The molecule has 0 radical (unpaired) electrons. The number of benzene rings is 1. The van der Waals surface area contributed by atoms with E-state index in [4.69, 9.17) is 5.11 Å². The SMILES string of the molecule is OCc1nnn(Cc2ccccc2)n1. The van der Waals surface area contributed by atoms with Gasteiger partial charge in [0.05, 0.1) is 6.54 Å². The highest BCUT2D eigenvalue weighted by molar-refractivity contribution is 5.14. The minimum absolute atomic E-state index is 0.172. The molecule has 2 rings (SSSR count). The number of rotatable bonds is 3. The fraction of sp³-hybridized carbons (Fsp3) is 0.222. The highest BCUT2D eigenvalue weighted by Gasteiger charge is 2.00. The molecule has 72 valence electrons. The van der Waals surface area contributed by atoms with Crippen LogP contribution in [0.5, 0.6) is 0 Å². The van der Waals surface area contributed by atoms with E-state index in [2.05, 4.69) is 15.4 Å². The fourth-order valence-electron chi connectivity index (χ4n) is 1.15. The Hall–Kier alpha value is -1.75. The van der Waals surface area contributed by atoms with Gasteiger partial charge in [-0.15, -0.1) is 10.2 Å². The first-order valence-electron chi connectivity index (χ1n) is 4.30. The van der Waals surface area contributed by atoms with Crippen LogP contribution >= 0.6 is 0 Å². The smallest absolute Gasteiger partial charge is 0.200 e. The van der Waals surface area contributed by atoms with E-state index in [9.17, 15) is 0 Å². The van der Waals surface area contributed by atoms with Crippen LogP contribution in [0.4, 0.5) is 0 Å². The van der Waals surface area contributed by atoms with Crippen molar-refractivity contribution in [1.82, 2.24) is 20.2 Å². The van der Waals surface area contributed by atoms with Crippen LogP contribution < -0.4 is 0 Å². The maximum Gasteiger partial charge on any atom is 0.200 e. The van der Waals surface area contributed by atoms with Crippen molar-refractivity contribution >= 4 is 0 Å². The van der Waals surface area contributed by atoms with E-state index in [0.717, 1.165) is 5.56 Å². The molecule has 2 aromatic rings. The van der Waals surface area contributed by atoms with E-state index in [1.807, 2.05) is 30.3 Å². The van der Waals surface area contributed by atoms with Gasteiger partial charge < -0.3 is 5.11 Å². The molecule has 1 aromatic heterocycles. The van der Waals surface area contributed by atoms with Gasteiger partial charge in [0.1, 0.15) is 6.61 Å². The monoisotopic (exact) mass is 190 g/mol. The molecule has 0 spiro atoms. The predicted molar refractivity (Wildman–Crippen MR) is 49.3 cm³/mol.